The standard InChI is InChI=1S/C19H19FN2O5/c1-22(11-17(23)21-15-9-7-14(20)8-10-15)18(24)12-27-19(25)13-26-16-5-3-2-4-6-16/h2-10H,11-13H2,1H3,(H,21,23). The van der Waals surface area contributed by atoms with Gasteiger partial charge in [-0.2, -0.15) is 0 Å². The van der Waals surface area contributed by atoms with E-state index in [4.69, 9.17) is 9.47 Å². The predicted octanol–water partition coefficient (Wildman–Crippen LogP) is 1.84. The molecule has 0 saturated heterocycles. The zero-order chi connectivity index (χ0) is 19.6. The maximum Gasteiger partial charge on any atom is 0.344 e. The summed E-state index contributed by atoms with van der Waals surface area (Å²) in [6.45, 7) is -1.07. The van der Waals surface area contributed by atoms with E-state index in [1.807, 2.05) is 6.07 Å². The lowest BCUT2D eigenvalue weighted by molar-refractivity contribution is -0.153. The van der Waals surface area contributed by atoms with Crippen LogP contribution in [-0.4, -0.2) is 49.5 Å². The van der Waals surface area contributed by atoms with Crippen molar-refractivity contribution in [3.8, 4) is 5.75 Å². The molecule has 0 aliphatic heterocycles. The van der Waals surface area contributed by atoms with Crippen LogP contribution < -0.4 is 10.1 Å². The van der Waals surface area contributed by atoms with E-state index in [-0.39, 0.29) is 13.2 Å². The minimum Gasteiger partial charge on any atom is -0.482 e. The van der Waals surface area contributed by atoms with Gasteiger partial charge in [-0.25, -0.2) is 9.18 Å². The number of hydrogen-bond donors (Lipinski definition) is 1. The molecule has 0 radical (unpaired) electrons. The second-order valence-corrected chi connectivity index (χ2v) is 5.57. The molecule has 2 aromatic rings. The van der Waals surface area contributed by atoms with Crippen LogP contribution in [0.3, 0.4) is 0 Å². The first-order chi connectivity index (χ1) is 12.9. The van der Waals surface area contributed by atoms with Gasteiger partial charge in [0.15, 0.2) is 13.2 Å². The van der Waals surface area contributed by atoms with Crippen molar-refractivity contribution in [1.29, 1.82) is 0 Å². The lowest BCUT2D eigenvalue weighted by Gasteiger charge is -2.16. The molecule has 27 heavy (non-hydrogen) atoms. The van der Waals surface area contributed by atoms with E-state index in [1.54, 1.807) is 24.3 Å². The van der Waals surface area contributed by atoms with Gasteiger partial charge in [-0.15, -0.1) is 0 Å². The number of nitrogens with zero attached hydrogens (tertiary/aromatic N) is 1. The van der Waals surface area contributed by atoms with Crippen molar-refractivity contribution in [3.63, 3.8) is 0 Å². The molecule has 0 spiro atoms. The number of esters is 1. The van der Waals surface area contributed by atoms with Crippen LogP contribution in [0.2, 0.25) is 0 Å². The molecule has 0 aliphatic rings. The van der Waals surface area contributed by atoms with Crippen LogP contribution in [0.5, 0.6) is 5.75 Å². The third-order valence-corrected chi connectivity index (χ3v) is 3.39. The number of anilines is 1. The van der Waals surface area contributed by atoms with Gasteiger partial charge in [0.2, 0.25) is 5.91 Å². The van der Waals surface area contributed by atoms with Gasteiger partial charge >= 0.3 is 5.97 Å². The van der Waals surface area contributed by atoms with Crippen molar-refractivity contribution in [2.24, 2.45) is 0 Å². The van der Waals surface area contributed by atoms with Crippen LogP contribution in [-0.2, 0) is 19.1 Å². The van der Waals surface area contributed by atoms with Crippen molar-refractivity contribution in [2.45, 2.75) is 0 Å². The number of nitrogens with one attached hydrogen (secondary N) is 1. The Morgan fingerprint density at radius 2 is 1.67 bits per heavy atom. The highest BCUT2D eigenvalue weighted by molar-refractivity contribution is 5.94. The molecule has 0 atom stereocenters. The summed E-state index contributed by atoms with van der Waals surface area (Å²) in [5, 5.41) is 2.53. The highest BCUT2D eigenvalue weighted by atomic mass is 19.1. The van der Waals surface area contributed by atoms with Crippen molar-refractivity contribution in [1.82, 2.24) is 4.90 Å². The molecule has 0 bridgehead atoms. The van der Waals surface area contributed by atoms with Gasteiger partial charge in [0, 0.05) is 12.7 Å². The number of hydrogen-bond acceptors (Lipinski definition) is 5. The van der Waals surface area contributed by atoms with Crippen LogP contribution in [0.25, 0.3) is 0 Å². The van der Waals surface area contributed by atoms with Gasteiger partial charge in [-0.05, 0) is 36.4 Å². The minimum absolute atomic E-state index is 0.242. The Kier molecular flexibility index (Phi) is 7.30. The summed E-state index contributed by atoms with van der Waals surface area (Å²) in [4.78, 5) is 36.5. The van der Waals surface area contributed by atoms with Crippen molar-refractivity contribution in [3.05, 3.63) is 60.4 Å². The largest absolute Gasteiger partial charge is 0.482 e. The first-order valence-corrected chi connectivity index (χ1v) is 8.07. The van der Waals surface area contributed by atoms with Crippen LogP contribution in [0.15, 0.2) is 54.6 Å². The molecule has 0 aliphatic carbocycles. The van der Waals surface area contributed by atoms with Gasteiger partial charge in [-0.3, -0.25) is 9.59 Å². The zero-order valence-electron chi connectivity index (χ0n) is 14.7. The maximum absolute atomic E-state index is 12.8. The van der Waals surface area contributed by atoms with Crippen LogP contribution in [0.1, 0.15) is 0 Å². The van der Waals surface area contributed by atoms with E-state index in [1.165, 1.54) is 31.3 Å². The van der Waals surface area contributed by atoms with Gasteiger partial charge in [0.05, 0.1) is 6.54 Å². The Hall–Kier alpha value is -3.42. The fourth-order valence-electron chi connectivity index (χ4n) is 1.99. The van der Waals surface area contributed by atoms with Crippen molar-refractivity contribution >= 4 is 23.5 Å². The smallest absolute Gasteiger partial charge is 0.344 e. The Labute approximate surface area is 155 Å². The first kappa shape index (κ1) is 19.9. The summed E-state index contributed by atoms with van der Waals surface area (Å²) in [6, 6.07) is 13.9. The molecule has 7 nitrogen and oxygen atoms in total. The molecule has 2 aromatic carbocycles. The summed E-state index contributed by atoms with van der Waals surface area (Å²) < 4.78 is 22.9. The number of amides is 2. The van der Waals surface area contributed by atoms with Gasteiger partial charge < -0.3 is 19.7 Å². The molecule has 2 rings (SSSR count). The third kappa shape index (κ3) is 7.15. The Morgan fingerprint density at radius 3 is 2.33 bits per heavy atom. The van der Waals surface area contributed by atoms with Crippen LogP contribution in [0, 0.1) is 5.82 Å². The minimum atomic E-state index is -0.698. The average Bonchev–Trinajstić information content (AvgIpc) is 2.67. The van der Waals surface area contributed by atoms with E-state index < -0.39 is 30.2 Å². The number of para-hydroxylation sites is 1. The van der Waals surface area contributed by atoms with Gasteiger partial charge in [0.25, 0.3) is 5.91 Å². The summed E-state index contributed by atoms with van der Waals surface area (Å²) in [6.07, 6.45) is 0. The zero-order valence-corrected chi connectivity index (χ0v) is 14.7. The average molecular weight is 374 g/mol. The summed E-state index contributed by atoms with van der Waals surface area (Å²) >= 11 is 0. The summed E-state index contributed by atoms with van der Waals surface area (Å²) in [5.41, 5.74) is 0.409. The van der Waals surface area contributed by atoms with Crippen LogP contribution >= 0.6 is 0 Å². The monoisotopic (exact) mass is 374 g/mol. The van der Waals surface area contributed by atoms with Crippen molar-refractivity contribution < 1.29 is 28.2 Å². The summed E-state index contributed by atoms with van der Waals surface area (Å²) in [7, 11) is 1.40. The van der Waals surface area contributed by atoms with E-state index in [0.29, 0.717) is 11.4 Å². The third-order valence-electron chi connectivity index (χ3n) is 3.39. The molecule has 142 valence electrons. The first-order valence-electron chi connectivity index (χ1n) is 8.07. The molecule has 0 unspecified atom stereocenters. The summed E-state index contributed by atoms with van der Waals surface area (Å²) in [5.74, 6) is -1.61. The number of carbonyl (C=O) groups excluding carboxylic acids is 3. The topological polar surface area (TPSA) is 84.9 Å². The fraction of sp³-hybridized carbons (Fsp3) is 0.211. The normalized spacial score (nSPS) is 10.0. The Bertz CT molecular complexity index is 780. The van der Waals surface area contributed by atoms with E-state index >= 15 is 0 Å². The molecular weight excluding hydrogens is 355 g/mol. The molecule has 1 N–H and O–H groups in total. The lowest BCUT2D eigenvalue weighted by Crippen LogP contribution is -2.37. The SMILES string of the molecule is CN(CC(=O)Nc1ccc(F)cc1)C(=O)COC(=O)COc1ccccc1. The molecule has 8 heteroatoms. The number of carbonyl (C=O) groups is 3. The number of rotatable bonds is 8. The fourth-order valence-corrected chi connectivity index (χ4v) is 1.99. The lowest BCUT2D eigenvalue weighted by atomic mass is 10.3. The Balaban J connectivity index is 1.69. The molecular formula is C19H19FN2O5. The molecule has 0 aromatic heterocycles. The van der Waals surface area contributed by atoms with Crippen LogP contribution in [0.4, 0.5) is 10.1 Å². The van der Waals surface area contributed by atoms with Gasteiger partial charge in [-0.1, -0.05) is 18.2 Å². The van der Waals surface area contributed by atoms with E-state index in [2.05, 4.69) is 5.32 Å². The quantitative estimate of drug-likeness (QED) is 0.713. The Morgan fingerprint density at radius 1 is 1.00 bits per heavy atom. The van der Waals surface area contributed by atoms with Crippen molar-refractivity contribution in [2.75, 3.05) is 32.1 Å². The predicted molar refractivity (Wildman–Crippen MR) is 95.6 cm³/mol. The van der Waals surface area contributed by atoms with Gasteiger partial charge in [0.1, 0.15) is 11.6 Å². The van der Waals surface area contributed by atoms with E-state index in [9.17, 15) is 18.8 Å². The number of halogens is 1. The number of likely N-dealkylation sites (N-methyl/N-ethyl adjacent to an activating group) is 1. The maximum atomic E-state index is 12.8. The molecule has 0 heterocycles. The molecule has 0 saturated carbocycles. The highest BCUT2D eigenvalue weighted by Gasteiger charge is 2.15. The second kappa shape index (κ2) is 9.91. The molecule has 0 fully saturated rings. The van der Waals surface area contributed by atoms with E-state index in [0.717, 1.165) is 4.90 Å². The second-order valence-electron chi connectivity index (χ2n) is 5.57. The highest BCUT2D eigenvalue weighted by Crippen LogP contribution is 2.09. The number of ether oxygens (including phenoxy) is 2. The number of benzene rings is 2. The molecule has 2 amide bonds.